The maximum Gasteiger partial charge on any atom is 0.177 e. The van der Waals surface area contributed by atoms with Gasteiger partial charge in [0.15, 0.2) is 21.1 Å². The van der Waals surface area contributed by atoms with Crippen LogP contribution in [0.15, 0.2) is 42.7 Å². The molecule has 2 aliphatic heterocycles. The minimum Gasteiger partial charge on any atom is -0.508 e. The van der Waals surface area contributed by atoms with E-state index in [0.29, 0.717) is 30.0 Å². The Morgan fingerprint density at radius 3 is 2.05 bits per heavy atom. The van der Waals surface area contributed by atoms with E-state index in [0.717, 1.165) is 60.2 Å². The van der Waals surface area contributed by atoms with Crippen molar-refractivity contribution >= 4 is 24.4 Å². The lowest BCUT2D eigenvalue weighted by molar-refractivity contribution is 0.210. The first-order valence-electron chi connectivity index (χ1n) is 14.2. The third kappa shape index (κ3) is 7.01. The number of nitrogens with zero attached hydrogens (tertiary/aromatic N) is 2. The first-order valence-corrected chi connectivity index (χ1v) is 15.0. The highest BCUT2D eigenvalue weighted by molar-refractivity contribution is 7.71. The van der Waals surface area contributed by atoms with Gasteiger partial charge in [0.1, 0.15) is 30.5 Å². The van der Waals surface area contributed by atoms with Gasteiger partial charge in [0.2, 0.25) is 0 Å². The van der Waals surface area contributed by atoms with Gasteiger partial charge in [-0.1, -0.05) is 0 Å². The molecule has 0 unspecified atom stereocenters. The zero-order chi connectivity index (χ0) is 30.5. The number of likely N-dealkylation sites (N-methyl/N-ethyl adjacent to an activating group) is 2. The van der Waals surface area contributed by atoms with Gasteiger partial charge in [0, 0.05) is 74.2 Å². The number of benzene rings is 2. The van der Waals surface area contributed by atoms with Crippen LogP contribution in [0, 0.1) is 21.2 Å². The molecule has 0 saturated carbocycles. The van der Waals surface area contributed by atoms with E-state index >= 15 is 0 Å². The molecule has 2 aromatic carbocycles. The van der Waals surface area contributed by atoms with Crippen LogP contribution >= 0.6 is 24.4 Å². The standard InChI is InChI=1S/C15H17F2N3OS.C15H19N3O2S/c1-18-3-2-11-7-19-15(22)20(11)12-5-9-4-10(16)6-13(17)14(9)21-8-12;1-16-5-4-11-8-17-15(21)18(11)12-6-10-7-13(19)2-3-14(10)20-9-12/h4,6-7,12,18H,2-3,5,8H2,1H3,(H,19,22);2-3,7-8,12,16,19H,4-6,9H2,1H3,(H,17,21)/t2*12-/m11/s1. The van der Waals surface area contributed by atoms with E-state index in [9.17, 15) is 13.9 Å². The summed E-state index contributed by atoms with van der Waals surface area (Å²) >= 11 is 10.7. The molecule has 230 valence electrons. The highest BCUT2D eigenvalue weighted by Gasteiger charge is 2.27. The second-order valence-corrected chi connectivity index (χ2v) is 11.4. The molecule has 6 rings (SSSR count). The van der Waals surface area contributed by atoms with Crippen molar-refractivity contribution < 1.29 is 23.4 Å². The molecule has 9 nitrogen and oxygen atoms in total. The fourth-order valence-electron chi connectivity index (χ4n) is 5.64. The van der Waals surface area contributed by atoms with Crippen LogP contribution in [0.5, 0.6) is 17.2 Å². The molecule has 0 saturated heterocycles. The molecular formula is C30H36F2N6O3S2. The summed E-state index contributed by atoms with van der Waals surface area (Å²) in [4.78, 5) is 6.16. The number of aromatic nitrogens is 4. The molecule has 43 heavy (non-hydrogen) atoms. The quantitative estimate of drug-likeness (QED) is 0.176. The number of imidazole rings is 2. The topological polar surface area (TPSA) is 104 Å². The second-order valence-electron chi connectivity index (χ2n) is 10.6. The number of halogens is 2. The maximum atomic E-state index is 13.7. The molecule has 0 radical (unpaired) electrons. The summed E-state index contributed by atoms with van der Waals surface area (Å²) in [6.45, 7) is 2.63. The van der Waals surface area contributed by atoms with Gasteiger partial charge in [0.05, 0.1) is 12.1 Å². The van der Waals surface area contributed by atoms with Gasteiger partial charge >= 0.3 is 0 Å². The average Bonchev–Trinajstić information content (AvgIpc) is 3.55. The Bertz CT molecular complexity index is 1680. The van der Waals surface area contributed by atoms with Crippen molar-refractivity contribution in [3.8, 4) is 17.2 Å². The number of ether oxygens (including phenoxy) is 2. The Labute approximate surface area is 258 Å². The molecule has 2 aliphatic rings. The summed E-state index contributed by atoms with van der Waals surface area (Å²) in [6, 6.07) is 7.50. The van der Waals surface area contributed by atoms with Gasteiger partial charge in [-0.2, -0.15) is 0 Å². The molecule has 2 atom stereocenters. The molecular weight excluding hydrogens is 594 g/mol. The van der Waals surface area contributed by atoms with Crippen LogP contribution in [-0.2, 0) is 25.7 Å². The lowest BCUT2D eigenvalue weighted by atomic mass is 10.0. The van der Waals surface area contributed by atoms with Crippen molar-refractivity contribution in [3.63, 3.8) is 0 Å². The van der Waals surface area contributed by atoms with E-state index in [-0.39, 0.29) is 23.6 Å². The molecule has 4 aromatic rings. The van der Waals surface area contributed by atoms with Crippen molar-refractivity contribution in [1.29, 1.82) is 0 Å². The van der Waals surface area contributed by atoms with Gasteiger partial charge in [-0.25, -0.2) is 8.78 Å². The summed E-state index contributed by atoms with van der Waals surface area (Å²) in [6.07, 6.45) is 6.86. The zero-order valence-electron chi connectivity index (χ0n) is 24.1. The van der Waals surface area contributed by atoms with Gasteiger partial charge in [-0.15, -0.1) is 0 Å². The second kappa shape index (κ2) is 13.8. The van der Waals surface area contributed by atoms with Gasteiger partial charge in [-0.05, 0) is 68.4 Å². The fraction of sp³-hybridized carbons (Fsp3) is 0.400. The first kappa shape index (κ1) is 30.9. The lowest BCUT2D eigenvalue weighted by Gasteiger charge is -2.28. The van der Waals surface area contributed by atoms with Gasteiger partial charge in [0.25, 0.3) is 0 Å². The number of nitrogens with one attached hydrogen (secondary N) is 4. The van der Waals surface area contributed by atoms with E-state index in [1.807, 2.05) is 37.1 Å². The number of rotatable bonds is 8. The summed E-state index contributed by atoms with van der Waals surface area (Å²) in [5.41, 5.74) is 3.78. The molecule has 0 spiro atoms. The van der Waals surface area contributed by atoms with Crippen molar-refractivity contribution in [2.75, 3.05) is 40.4 Å². The highest BCUT2D eigenvalue weighted by Crippen LogP contribution is 2.34. The minimum atomic E-state index is -0.651. The van der Waals surface area contributed by atoms with Crippen LogP contribution in [0.2, 0.25) is 0 Å². The van der Waals surface area contributed by atoms with Crippen LogP contribution in [0.3, 0.4) is 0 Å². The van der Waals surface area contributed by atoms with E-state index in [1.54, 1.807) is 12.1 Å². The molecule has 5 N–H and O–H groups in total. The number of hydrogen-bond donors (Lipinski definition) is 5. The molecule has 0 aliphatic carbocycles. The fourth-order valence-corrected chi connectivity index (χ4v) is 6.29. The zero-order valence-corrected chi connectivity index (χ0v) is 25.7. The molecule has 2 aromatic heterocycles. The first-order chi connectivity index (χ1) is 20.8. The average molecular weight is 631 g/mol. The molecule has 4 heterocycles. The van der Waals surface area contributed by atoms with Crippen molar-refractivity contribution in [3.05, 3.63) is 86.4 Å². The number of aromatic hydroxyl groups is 1. The Balaban J connectivity index is 0.000000171. The van der Waals surface area contributed by atoms with Crippen molar-refractivity contribution in [2.45, 2.75) is 37.8 Å². The van der Waals surface area contributed by atoms with Crippen molar-refractivity contribution in [2.24, 2.45) is 0 Å². The van der Waals surface area contributed by atoms with Gasteiger partial charge in [-0.3, -0.25) is 0 Å². The molecule has 13 heteroatoms. The van der Waals surface area contributed by atoms with E-state index in [1.165, 1.54) is 11.8 Å². The van der Waals surface area contributed by atoms with Gasteiger partial charge < -0.3 is 44.3 Å². The summed E-state index contributed by atoms with van der Waals surface area (Å²) in [7, 11) is 3.82. The maximum absolute atomic E-state index is 13.7. The third-order valence-electron chi connectivity index (χ3n) is 7.67. The smallest absolute Gasteiger partial charge is 0.177 e. The van der Waals surface area contributed by atoms with E-state index < -0.39 is 11.6 Å². The van der Waals surface area contributed by atoms with Crippen LogP contribution in [0.4, 0.5) is 8.78 Å². The lowest BCUT2D eigenvalue weighted by Crippen LogP contribution is -2.27. The predicted molar refractivity (Wildman–Crippen MR) is 165 cm³/mol. The monoisotopic (exact) mass is 630 g/mol. The normalized spacial score (nSPS) is 17.2. The Hall–Kier alpha value is -3.52. The summed E-state index contributed by atoms with van der Waals surface area (Å²) < 4.78 is 43.9. The SMILES string of the molecule is CNCCc1c[nH]c(=S)n1[C@H]1COc2c(F)cc(F)cc2C1.CNCCc1c[nH]c(=S)n1[C@H]1COc2ccc(O)cc2C1. The number of phenolic OH excluding ortho intramolecular Hbond substituents is 1. The molecule has 0 fully saturated rings. The minimum absolute atomic E-state index is 0.0701. The Morgan fingerprint density at radius 2 is 1.44 bits per heavy atom. The summed E-state index contributed by atoms with van der Waals surface area (Å²) in [5, 5.41) is 15.9. The predicted octanol–water partition coefficient (Wildman–Crippen LogP) is 4.95. The number of aromatic amines is 2. The Kier molecular flexibility index (Phi) is 9.96. The van der Waals surface area contributed by atoms with Crippen molar-refractivity contribution in [1.82, 2.24) is 29.7 Å². The largest absolute Gasteiger partial charge is 0.508 e. The number of hydrogen-bond acceptors (Lipinski definition) is 7. The van der Waals surface area contributed by atoms with E-state index in [2.05, 4.69) is 25.2 Å². The molecule has 0 amide bonds. The van der Waals surface area contributed by atoms with Crippen LogP contribution in [-0.4, -0.2) is 64.6 Å². The Morgan fingerprint density at radius 1 is 0.860 bits per heavy atom. The number of fused-ring (bicyclic) bond motifs is 2. The van der Waals surface area contributed by atoms with Crippen LogP contribution in [0.1, 0.15) is 34.6 Å². The summed E-state index contributed by atoms with van der Waals surface area (Å²) in [5.74, 6) is 0.0283. The van der Waals surface area contributed by atoms with Crippen LogP contribution in [0.25, 0.3) is 0 Å². The van der Waals surface area contributed by atoms with E-state index in [4.69, 9.17) is 33.9 Å². The highest BCUT2D eigenvalue weighted by atomic mass is 32.1. The number of phenols is 1. The third-order valence-corrected chi connectivity index (χ3v) is 8.29. The van der Waals surface area contributed by atoms with Crippen LogP contribution < -0.4 is 20.1 Å². The molecule has 0 bridgehead atoms. The number of H-pyrrole nitrogens is 2.